The number of hydrogen-bond donors (Lipinski definition) is 2. The Morgan fingerprint density at radius 3 is 2.87 bits per heavy atom. The molecule has 15 heavy (non-hydrogen) atoms. The molecule has 2 aromatic rings. The number of para-hydroxylation sites is 1. The molecule has 1 aromatic carbocycles. The number of nitrogens with one attached hydrogen (secondary N) is 1. The third-order valence-corrected chi connectivity index (χ3v) is 2.16. The van der Waals surface area contributed by atoms with Crippen molar-refractivity contribution in [1.29, 1.82) is 0 Å². The normalized spacial score (nSPS) is 10.1. The van der Waals surface area contributed by atoms with Crippen LogP contribution in [-0.2, 0) is 6.42 Å². The fraction of sp³-hybridized carbons (Fsp3) is 0.0909. The maximum absolute atomic E-state index is 11.0. The number of hydrogen-bond acceptors (Lipinski definition) is 3. The predicted octanol–water partition coefficient (Wildman–Crippen LogP) is 0.943. The topological polar surface area (TPSA) is 71.8 Å². The van der Waals surface area contributed by atoms with Gasteiger partial charge in [-0.1, -0.05) is 18.2 Å². The minimum absolute atomic E-state index is 0.144. The first kappa shape index (κ1) is 9.45. The van der Waals surface area contributed by atoms with E-state index in [0.29, 0.717) is 6.42 Å². The summed E-state index contributed by atoms with van der Waals surface area (Å²) < 4.78 is 0. The van der Waals surface area contributed by atoms with E-state index in [9.17, 15) is 4.79 Å². The molecule has 0 saturated carbocycles. The molecule has 3 N–H and O–H groups in total. The fourth-order valence-corrected chi connectivity index (χ4v) is 1.40. The van der Waals surface area contributed by atoms with Crippen LogP contribution in [-0.4, -0.2) is 9.97 Å². The Morgan fingerprint density at radius 1 is 1.33 bits per heavy atom. The van der Waals surface area contributed by atoms with Crippen molar-refractivity contribution in [2.75, 3.05) is 5.73 Å². The highest BCUT2D eigenvalue weighted by atomic mass is 16.1. The maximum Gasteiger partial charge on any atom is 0.250 e. The molecule has 76 valence electrons. The first-order valence-corrected chi connectivity index (χ1v) is 4.63. The molecule has 0 spiro atoms. The zero-order chi connectivity index (χ0) is 10.7. The lowest BCUT2D eigenvalue weighted by Crippen LogP contribution is -2.07. The van der Waals surface area contributed by atoms with Gasteiger partial charge in [-0.3, -0.25) is 4.79 Å². The van der Waals surface area contributed by atoms with Crippen molar-refractivity contribution in [3.05, 3.63) is 58.3 Å². The zero-order valence-corrected chi connectivity index (χ0v) is 8.10. The van der Waals surface area contributed by atoms with Crippen LogP contribution >= 0.6 is 0 Å². The van der Waals surface area contributed by atoms with Crippen LogP contribution in [0.25, 0.3) is 0 Å². The van der Waals surface area contributed by atoms with E-state index in [1.807, 2.05) is 24.3 Å². The summed E-state index contributed by atoms with van der Waals surface area (Å²) in [6.45, 7) is 0. The number of H-pyrrole nitrogens is 1. The summed E-state index contributed by atoms with van der Waals surface area (Å²) in [6, 6.07) is 9.04. The van der Waals surface area contributed by atoms with E-state index in [2.05, 4.69) is 9.97 Å². The Labute approximate surface area is 86.8 Å². The molecule has 0 atom stereocenters. The lowest BCUT2D eigenvalue weighted by molar-refractivity contribution is 1.01. The predicted molar refractivity (Wildman–Crippen MR) is 58.5 cm³/mol. The fourth-order valence-electron chi connectivity index (χ4n) is 1.40. The zero-order valence-electron chi connectivity index (χ0n) is 8.10. The van der Waals surface area contributed by atoms with Crippen LogP contribution in [0.1, 0.15) is 11.3 Å². The molecule has 0 amide bonds. The summed E-state index contributed by atoms with van der Waals surface area (Å²) in [5.41, 5.74) is 8.07. The Hall–Kier alpha value is -2.10. The summed E-state index contributed by atoms with van der Waals surface area (Å²) in [7, 11) is 0. The Balaban J connectivity index is 2.30. The average molecular weight is 201 g/mol. The van der Waals surface area contributed by atoms with Crippen molar-refractivity contribution in [2.24, 2.45) is 0 Å². The number of benzene rings is 1. The van der Waals surface area contributed by atoms with Crippen molar-refractivity contribution in [3.63, 3.8) is 0 Å². The van der Waals surface area contributed by atoms with Crippen molar-refractivity contribution in [3.8, 4) is 0 Å². The Kier molecular flexibility index (Phi) is 2.49. The Bertz CT molecular complexity index is 519. The Morgan fingerprint density at radius 2 is 2.13 bits per heavy atom. The smallest absolute Gasteiger partial charge is 0.250 e. The third kappa shape index (κ3) is 2.22. The highest BCUT2D eigenvalue weighted by Crippen LogP contribution is 2.13. The molecule has 0 aliphatic heterocycles. The highest BCUT2D eigenvalue weighted by Gasteiger charge is 2.01. The van der Waals surface area contributed by atoms with Crippen LogP contribution in [0, 0.1) is 0 Å². The standard InChI is InChI=1S/C11H11N3O/c12-10-4-2-1-3-8(10)5-9-6-11(15)14-7-13-9/h1-4,6-7H,5,12H2,(H,13,14,15). The molecule has 4 nitrogen and oxygen atoms in total. The van der Waals surface area contributed by atoms with Crippen molar-refractivity contribution in [1.82, 2.24) is 9.97 Å². The van der Waals surface area contributed by atoms with Gasteiger partial charge in [-0.05, 0) is 11.6 Å². The van der Waals surface area contributed by atoms with E-state index in [1.54, 1.807) is 0 Å². The summed E-state index contributed by atoms with van der Waals surface area (Å²) in [5, 5.41) is 0. The molecule has 0 aliphatic rings. The van der Waals surface area contributed by atoms with Crippen LogP contribution in [0.2, 0.25) is 0 Å². The number of aromatic nitrogens is 2. The summed E-state index contributed by atoms with van der Waals surface area (Å²) in [4.78, 5) is 17.6. The second kappa shape index (κ2) is 3.96. The van der Waals surface area contributed by atoms with E-state index >= 15 is 0 Å². The van der Waals surface area contributed by atoms with Gasteiger partial charge in [0, 0.05) is 18.2 Å². The van der Waals surface area contributed by atoms with Crippen LogP contribution in [0.3, 0.4) is 0 Å². The van der Waals surface area contributed by atoms with E-state index in [4.69, 9.17) is 5.73 Å². The first-order valence-electron chi connectivity index (χ1n) is 4.63. The number of anilines is 1. The number of rotatable bonds is 2. The molecular formula is C11H11N3O. The molecule has 2 rings (SSSR count). The molecule has 0 unspecified atom stereocenters. The monoisotopic (exact) mass is 201 g/mol. The lowest BCUT2D eigenvalue weighted by Gasteiger charge is -2.03. The minimum Gasteiger partial charge on any atom is -0.398 e. The van der Waals surface area contributed by atoms with Gasteiger partial charge in [0.15, 0.2) is 0 Å². The van der Waals surface area contributed by atoms with E-state index in [0.717, 1.165) is 16.9 Å². The summed E-state index contributed by atoms with van der Waals surface area (Å²) in [6.07, 6.45) is 1.98. The molecule has 0 fully saturated rings. The number of nitrogens with zero attached hydrogens (tertiary/aromatic N) is 1. The molecule has 0 radical (unpaired) electrons. The van der Waals surface area contributed by atoms with E-state index in [-0.39, 0.29) is 5.56 Å². The minimum atomic E-state index is -0.144. The summed E-state index contributed by atoms with van der Waals surface area (Å²) >= 11 is 0. The van der Waals surface area contributed by atoms with Gasteiger partial charge in [0.05, 0.1) is 12.0 Å². The van der Waals surface area contributed by atoms with Gasteiger partial charge in [0.1, 0.15) is 0 Å². The van der Waals surface area contributed by atoms with Crippen molar-refractivity contribution in [2.45, 2.75) is 6.42 Å². The quantitative estimate of drug-likeness (QED) is 0.710. The van der Waals surface area contributed by atoms with Crippen LogP contribution in [0.5, 0.6) is 0 Å². The van der Waals surface area contributed by atoms with Gasteiger partial charge < -0.3 is 10.7 Å². The molecular weight excluding hydrogens is 190 g/mol. The summed E-state index contributed by atoms with van der Waals surface area (Å²) in [5.74, 6) is 0. The van der Waals surface area contributed by atoms with Crippen molar-refractivity contribution >= 4 is 5.69 Å². The second-order valence-electron chi connectivity index (χ2n) is 3.28. The van der Waals surface area contributed by atoms with Crippen LogP contribution in [0.4, 0.5) is 5.69 Å². The second-order valence-corrected chi connectivity index (χ2v) is 3.28. The molecule has 0 bridgehead atoms. The van der Waals surface area contributed by atoms with Gasteiger partial charge in [0.25, 0.3) is 5.56 Å². The molecule has 0 aliphatic carbocycles. The van der Waals surface area contributed by atoms with E-state index in [1.165, 1.54) is 12.4 Å². The van der Waals surface area contributed by atoms with Crippen LogP contribution in [0.15, 0.2) is 41.5 Å². The van der Waals surface area contributed by atoms with E-state index < -0.39 is 0 Å². The van der Waals surface area contributed by atoms with Gasteiger partial charge in [-0.2, -0.15) is 0 Å². The average Bonchev–Trinajstić information content (AvgIpc) is 2.22. The lowest BCUT2D eigenvalue weighted by atomic mass is 10.1. The number of aromatic amines is 1. The SMILES string of the molecule is Nc1ccccc1Cc1cc(=O)[nH]cn1. The molecule has 0 saturated heterocycles. The molecule has 1 heterocycles. The molecule has 1 aromatic heterocycles. The van der Waals surface area contributed by atoms with Crippen LogP contribution < -0.4 is 11.3 Å². The number of nitrogens with two attached hydrogens (primary N) is 1. The van der Waals surface area contributed by atoms with Gasteiger partial charge in [-0.25, -0.2) is 4.98 Å². The number of nitrogen functional groups attached to an aromatic ring is 1. The highest BCUT2D eigenvalue weighted by molar-refractivity contribution is 5.47. The van der Waals surface area contributed by atoms with Gasteiger partial charge >= 0.3 is 0 Å². The van der Waals surface area contributed by atoms with Gasteiger partial charge in [0.2, 0.25) is 0 Å². The molecule has 4 heteroatoms. The maximum atomic E-state index is 11.0. The third-order valence-electron chi connectivity index (χ3n) is 2.16. The van der Waals surface area contributed by atoms with Crippen molar-refractivity contribution < 1.29 is 0 Å². The largest absolute Gasteiger partial charge is 0.398 e. The van der Waals surface area contributed by atoms with Gasteiger partial charge in [-0.15, -0.1) is 0 Å². The first-order chi connectivity index (χ1) is 7.25.